The van der Waals surface area contributed by atoms with E-state index in [9.17, 15) is 5.26 Å². The van der Waals surface area contributed by atoms with Crippen LogP contribution in [-0.4, -0.2) is 13.7 Å². The van der Waals surface area contributed by atoms with Crippen LogP contribution in [0.25, 0.3) is 145 Å². The van der Waals surface area contributed by atoms with E-state index in [-0.39, 0.29) is 50.3 Å². The second-order valence-corrected chi connectivity index (χ2v) is 23.3. The molecular formula is C70H35F9N4S2. The van der Waals surface area contributed by atoms with Gasteiger partial charge in [-0.25, -0.2) is 0 Å². The summed E-state index contributed by atoms with van der Waals surface area (Å²) in [5, 5.41) is 18.4. The number of para-hydroxylation sites is 3. The van der Waals surface area contributed by atoms with Crippen molar-refractivity contribution in [2.24, 2.45) is 0 Å². The van der Waals surface area contributed by atoms with Crippen LogP contribution in [0, 0.1) is 11.3 Å². The zero-order valence-electron chi connectivity index (χ0n) is 43.7. The van der Waals surface area contributed by atoms with Crippen molar-refractivity contribution in [2.45, 2.75) is 18.5 Å². The molecule has 4 nitrogen and oxygen atoms in total. The molecule has 410 valence electrons. The summed E-state index contributed by atoms with van der Waals surface area (Å²) < 4.78 is 148. The Morgan fingerprint density at radius 2 is 0.612 bits per heavy atom. The normalized spacial score (nSPS) is 12.8. The maximum absolute atomic E-state index is 15.6. The smallest absolute Gasteiger partial charge is 0.306 e. The SMILES string of the molecule is N#Cc1c(-c2cccc3sc4ccccc4c23)c(-n2c3ccccc3c3ccc(C(F)(F)F)cc32)c(-n2c3ccccc3c3ccc(C(F)(F)F)cc32)c(-n2c3ccccc3c3ccc(C(F)(F)F)cc32)c1-c1cccc2sc3ccccc3c12. The molecule has 0 amide bonds. The van der Waals surface area contributed by atoms with Crippen molar-refractivity contribution in [3.63, 3.8) is 0 Å². The number of fused-ring (bicyclic) bond motifs is 15. The molecule has 0 bridgehead atoms. The minimum absolute atomic E-state index is 0.00752. The third-order valence-corrected chi connectivity index (χ3v) is 18.8. The summed E-state index contributed by atoms with van der Waals surface area (Å²) in [7, 11) is 0. The Kier molecular flexibility index (Phi) is 10.8. The first-order chi connectivity index (χ1) is 41.1. The first-order valence-electron chi connectivity index (χ1n) is 26.8. The first kappa shape index (κ1) is 50.8. The van der Waals surface area contributed by atoms with Gasteiger partial charge < -0.3 is 13.7 Å². The van der Waals surface area contributed by atoms with Crippen molar-refractivity contribution in [2.75, 3.05) is 0 Å². The van der Waals surface area contributed by atoms with E-state index >= 15 is 39.5 Å². The molecule has 0 unspecified atom stereocenters. The number of aromatic nitrogens is 3. The highest BCUT2D eigenvalue weighted by Crippen LogP contribution is 2.56. The topological polar surface area (TPSA) is 38.6 Å². The molecule has 16 rings (SSSR count). The van der Waals surface area contributed by atoms with Crippen LogP contribution >= 0.6 is 22.7 Å². The minimum Gasteiger partial charge on any atom is -0.306 e. The average molecular weight is 1170 g/mol. The van der Waals surface area contributed by atoms with Gasteiger partial charge in [-0.1, -0.05) is 133 Å². The van der Waals surface area contributed by atoms with Crippen LogP contribution in [0.3, 0.4) is 0 Å². The zero-order valence-corrected chi connectivity index (χ0v) is 45.3. The molecule has 0 radical (unpaired) electrons. The maximum atomic E-state index is 15.6. The first-order valence-corrected chi connectivity index (χ1v) is 28.5. The van der Waals surface area contributed by atoms with Crippen molar-refractivity contribution in [3.8, 4) is 45.4 Å². The minimum atomic E-state index is -4.89. The predicted octanol–water partition coefficient (Wildman–Crippen LogP) is 22.0. The number of hydrogen-bond donors (Lipinski definition) is 0. The van der Waals surface area contributed by atoms with E-state index in [0.717, 1.165) is 66.0 Å². The van der Waals surface area contributed by atoms with Gasteiger partial charge in [-0.3, -0.25) is 0 Å². The second-order valence-electron chi connectivity index (χ2n) is 21.1. The van der Waals surface area contributed by atoms with Gasteiger partial charge in [-0.2, -0.15) is 44.8 Å². The molecule has 0 aliphatic heterocycles. The van der Waals surface area contributed by atoms with Crippen molar-refractivity contribution < 1.29 is 39.5 Å². The van der Waals surface area contributed by atoms with Gasteiger partial charge in [-0.15, -0.1) is 22.7 Å². The van der Waals surface area contributed by atoms with Crippen LogP contribution in [0.15, 0.2) is 212 Å². The number of rotatable bonds is 5. The third-order valence-electron chi connectivity index (χ3n) is 16.6. The number of nitriles is 1. The monoisotopic (exact) mass is 1170 g/mol. The van der Waals surface area contributed by atoms with Crippen molar-refractivity contribution in [1.29, 1.82) is 5.26 Å². The van der Waals surface area contributed by atoms with Crippen LogP contribution < -0.4 is 0 Å². The molecule has 0 aliphatic carbocycles. The Morgan fingerprint density at radius 3 is 0.965 bits per heavy atom. The lowest BCUT2D eigenvalue weighted by molar-refractivity contribution is -0.138. The van der Waals surface area contributed by atoms with Gasteiger partial charge in [0.2, 0.25) is 0 Å². The molecular weight excluding hydrogens is 1130 g/mol. The number of hydrogen-bond acceptors (Lipinski definition) is 3. The molecule has 11 aromatic carbocycles. The van der Waals surface area contributed by atoms with E-state index < -0.39 is 35.2 Å². The summed E-state index contributed by atoms with van der Waals surface area (Å²) >= 11 is 3.00. The molecule has 16 aromatic rings. The molecule has 0 fully saturated rings. The van der Waals surface area contributed by atoms with Crippen LogP contribution in [-0.2, 0) is 18.5 Å². The summed E-state index contributed by atoms with van der Waals surface area (Å²) in [5.41, 5.74) is -0.287. The highest BCUT2D eigenvalue weighted by molar-refractivity contribution is 7.26. The standard InChI is InChI=1S/C70H35F9N4S2/c71-68(72,73)37-27-30-43-40-13-1-6-20-51(40)81(54(43)33-37)65-63(48-18-11-25-59-61(48)46-16-4-9-23-57(46)84-59)50(36-80)64(49-19-12-26-60-62(49)47-17-5-10-24-58(47)85-60)66(82-52-21-7-2-14-41(52)44-31-28-38(34-55(44)82)69(74,75)76)67(65)83-53-22-8-3-15-42(53)45-32-29-39(35-56(45)83)70(77,78)79/h1-35H. The molecule has 0 saturated carbocycles. The summed E-state index contributed by atoms with van der Waals surface area (Å²) in [5.74, 6) is 0. The summed E-state index contributed by atoms with van der Waals surface area (Å²) in [6, 6.07) is 60.8. The number of benzene rings is 11. The number of nitrogens with zero attached hydrogens (tertiary/aromatic N) is 4. The van der Waals surface area contributed by atoms with Crippen LogP contribution in [0.5, 0.6) is 0 Å². The van der Waals surface area contributed by atoms with Gasteiger partial charge in [0, 0.05) is 83.8 Å². The van der Waals surface area contributed by atoms with Gasteiger partial charge in [-0.05, 0) is 90.0 Å². The molecule has 0 N–H and O–H groups in total. The summed E-state index contributed by atoms with van der Waals surface area (Å²) in [6.07, 6.45) is -14.6. The Hall–Kier alpha value is -9.88. The lowest BCUT2D eigenvalue weighted by atomic mass is 9.85. The number of halogens is 9. The number of alkyl halides is 9. The van der Waals surface area contributed by atoms with E-state index in [4.69, 9.17) is 0 Å². The highest BCUT2D eigenvalue weighted by atomic mass is 32.1. The second kappa shape index (κ2) is 18.1. The third kappa shape index (κ3) is 7.41. The van der Waals surface area contributed by atoms with Crippen molar-refractivity contribution in [3.05, 3.63) is 235 Å². The van der Waals surface area contributed by atoms with Crippen molar-refractivity contribution >= 4 is 128 Å². The van der Waals surface area contributed by atoms with E-state index in [1.807, 2.05) is 84.9 Å². The Bertz CT molecular complexity index is 5330. The summed E-state index contributed by atoms with van der Waals surface area (Å²) in [6.45, 7) is 0. The molecule has 0 aliphatic rings. The zero-order chi connectivity index (χ0) is 58.0. The van der Waals surface area contributed by atoms with E-state index in [2.05, 4.69) is 6.07 Å². The van der Waals surface area contributed by atoms with Crippen LogP contribution in [0.2, 0.25) is 0 Å². The molecule has 5 aromatic heterocycles. The quantitative estimate of drug-likeness (QED) is 0.158. The predicted molar refractivity (Wildman–Crippen MR) is 326 cm³/mol. The fraction of sp³-hybridized carbons (Fsp3) is 0.0429. The van der Waals surface area contributed by atoms with Crippen LogP contribution in [0.4, 0.5) is 39.5 Å². The van der Waals surface area contributed by atoms with E-state index in [1.165, 1.54) is 40.9 Å². The maximum Gasteiger partial charge on any atom is 0.416 e. The average Bonchev–Trinajstić information content (AvgIpc) is 1.69. The van der Waals surface area contributed by atoms with Crippen molar-refractivity contribution in [1.82, 2.24) is 13.7 Å². The van der Waals surface area contributed by atoms with Gasteiger partial charge in [0.05, 0.1) is 72.4 Å². The molecule has 85 heavy (non-hydrogen) atoms. The van der Waals surface area contributed by atoms with Gasteiger partial charge >= 0.3 is 18.5 Å². The molecule has 15 heteroatoms. The fourth-order valence-electron chi connectivity index (χ4n) is 13.1. The fourth-order valence-corrected chi connectivity index (χ4v) is 15.4. The molecule has 5 heterocycles. The van der Waals surface area contributed by atoms with Gasteiger partial charge in [0.1, 0.15) is 6.07 Å². The lowest BCUT2D eigenvalue weighted by Crippen LogP contribution is -2.15. The largest absolute Gasteiger partial charge is 0.416 e. The summed E-state index contributed by atoms with van der Waals surface area (Å²) in [4.78, 5) is 0. The Balaban J connectivity index is 1.30. The molecule has 0 spiro atoms. The lowest BCUT2D eigenvalue weighted by Gasteiger charge is -2.29. The number of thiophene rings is 2. The van der Waals surface area contributed by atoms with Crippen LogP contribution in [0.1, 0.15) is 22.3 Å². The Morgan fingerprint density at radius 1 is 0.306 bits per heavy atom. The highest BCUT2D eigenvalue weighted by Gasteiger charge is 2.39. The van der Waals surface area contributed by atoms with E-state index in [0.29, 0.717) is 70.8 Å². The van der Waals surface area contributed by atoms with Gasteiger partial charge in [0.25, 0.3) is 0 Å². The molecule has 0 saturated heterocycles. The Labute approximate surface area is 482 Å². The van der Waals surface area contributed by atoms with Gasteiger partial charge in [0.15, 0.2) is 0 Å². The molecule has 0 atom stereocenters. The van der Waals surface area contributed by atoms with E-state index in [1.54, 1.807) is 86.5 Å².